The molecule has 10 nitrogen and oxygen atoms in total. The van der Waals surface area contributed by atoms with E-state index in [0.29, 0.717) is 59.0 Å². The summed E-state index contributed by atoms with van der Waals surface area (Å²) >= 11 is 0. The average Bonchev–Trinajstić information content (AvgIpc) is 3.55. The van der Waals surface area contributed by atoms with Crippen LogP contribution in [0.15, 0.2) is 77.9 Å². The molecular formula is C37H30F2N4O6. The summed E-state index contributed by atoms with van der Waals surface area (Å²) in [7, 11) is 1.53. The number of nitrogens with one attached hydrogen (secondary N) is 1. The number of hydrogen-bond donors (Lipinski definition) is 1. The third-order valence-electron chi connectivity index (χ3n) is 8.44. The molecule has 0 bridgehead atoms. The second-order valence-corrected chi connectivity index (χ2v) is 11.6. The van der Waals surface area contributed by atoms with Crippen LogP contribution in [0.3, 0.4) is 0 Å². The number of amides is 1. The van der Waals surface area contributed by atoms with Crippen LogP contribution in [0, 0.1) is 29.9 Å². The molecule has 0 aliphatic carbocycles. The molecule has 2 aromatic heterocycles. The Morgan fingerprint density at radius 2 is 1.88 bits per heavy atom. The summed E-state index contributed by atoms with van der Waals surface area (Å²) in [5.41, 5.74) is 0.780. The number of carbonyl (C=O) groups is 1. The molecule has 7 rings (SSSR count). The monoisotopic (exact) mass is 664 g/mol. The number of methoxy groups -OCH3 is 1. The van der Waals surface area contributed by atoms with Crippen LogP contribution in [0.25, 0.3) is 16.6 Å². The molecule has 0 atom stereocenters. The summed E-state index contributed by atoms with van der Waals surface area (Å²) in [6, 6.07) is 14.3. The van der Waals surface area contributed by atoms with Crippen molar-refractivity contribution in [2.75, 3.05) is 45.3 Å². The Hall–Kier alpha value is -5.93. The van der Waals surface area contributed by atoms with E-state index >= 15 is 4.39 Å². The van der Waals surface area contributed by atoms with Crippen molar-refractivity contribution < 1.29 is 32.5 Å². The second kappa shape index (κ2) is 13.3. The highest BCUT2D eigenvalue weighted by atomic mass is 19.1. The van der Waals surface area contributed by atoms with E-state index in [1.165, 1.54) is 48.1 Å². The topological polar surface area (TPSA) is 104 Å². The van der Waals surface area contributed by atoms with Crippen molar-refractivity contribution in [2.45, 2.75) is 6.42 Å². The zero-order chi connectivity index (χ0) is 34.1. The van der Waals surface area contributed by atoms with Gasteiger partial charge in [-0.2, -0.15) is 0 Å². The number of fused-ring (bicyclic) bond motifs is 2. The fourth-order valence-corrected chi connectivity index (χ4v) is 5.86. The summed E-state index contributed by atoms with van der Waals surface area (Å²) in [5.74, 6) is 2.41. The lowest BCUT2D eigenvalue weighted by molar-refractivity contribution is 0.102. The first-order valence-corrected chi connectivity index (χ1v) is 15.6. The van der Waals surface area contributed by atoms with E-state index in [9.17, 15) is 14.0 Å². The van der Waals surface area contributed by atoms with Crippen LogP contribution < -0.4 is 29.8 Å². The summed E-state index contributed by atoms with van der Waals surface area (Å²) in [6.07, 6.45) is 9.06. The highest BCUT2D eigenvalue weighted by molar-refractivity contribution is 6.06. The Kier molecular flexibility index (Phi) is 8.59. The minimum atomic E-state index is -0.778. The summed E-state index contributed by atoms with van der Waals surface area (Å²) in [5, 5.41) is 3.16. The molecule has 1 N–H and O–H groups in total. The lowest BCUT2D eigenvalue weighted by atomic mass is 10.0. The molecule has 2 aliphatic rings. The van der Waals surface area contributed by atoms with E-state index in [4.69, 9.17) is 25.4 Å². The standard InChI is InChI=1S/C37H30F2N4O6/c1-3-22-19-42(20-22)13-15-47-33-18-29-27(17-32(33)46-2)30(10-12-40-29)49-31-9-6-25(16-28(31)39)41-36(44)34-35-23(11-14-48-35)21-43(37(34)45)26-7-4-24(38)5-8-26/h1,4-10,12,16-18,21-22H,11,13-15,19-20H2,2H3,(H,41,44). The van der Waals surface area contributed by atoms with Crippen LogP contribution in [0.5, 0.6) is 28.7 Å². The van der Waals surface area contributed by atoms with Gasteiger partial charge >= 0.3 is 0 Å². The van der Waals surface area contributed by atoms with Crippen molar-refractivity contribution >= 4 is 22.5 Å². The molecule has 0 spiro atoms. The molecule has 0 radical (unpaired) electrons. The molecule has 1 amide bonds. The molecule has 3 aromatic carbocycles. The number of carbonyl (C=O) groups excluding carboxylic acids is 1. The first-order chi connectivity index (χ1) is 23.8. The quantitative estimate of drug-likeness (QED) is 0.193. The maximum absolute atomic E-state index is 15.4. The van der Waals surface area contributed by atoms with E-state index in [0.717, 1.165) is 25.7 Å². The normalized spacial score (nSPS) is 14.0. The van der Waals surface area contributed by atoms with Crippen LogP contribution in [0.2, 0.25) is 0 Å². The van der Waals surface area contributed by atoms with E-state index in [-0.39, 0.29) is 28.7 Å². The molecular weight excluding hydrogens is 634 g/mol. The van der Waals surface area contributed by atoms with Crippen LogP contribution >= 0.6 is 0 Å². The van der Waals surface area contributed by atoms with Crippen molar-refractivity contribution in [3.8, 4) is 46.8 Å². The van der Waals surface area contributed by atoms with Crippen LogP contribution in [-0.2, 0) is 6.42 Å². The van der Waals surface area contributed by atoms with Gasteiger partial charge in [0.2, 0.25) is 0 Å². The van der Waals surface area contributed by atoms with Gasteiger partial charge in [0, 0.05) is 78.8 Å². The second-order valence-electron chi connectivity index (χ2n) is 11.6. The third kappa shape index (κ3) is 6.36. The van der Waals surface area contributed by atoms with Crippen LogP contribution in [0.1, 0.15) is 15.9 Å². The number of ether oxygens (including phenoxy) is 4. The summed E-state index contributed by atoms with van der Waals surface area (Å²) in [6.45, 7) is 3.16. The number of benzene rings is 3. The molecule has 248 valence electrons. The van der Waals surface area contributed by atoms with Gasteiger partial charge in [0.25, 0.3) is 11.5 Å². The summed E-state index contributed by atoms with van der Waals surface area (Å²) < 4.78 is 53.4. The largest absolute Gasteiger partial charge is 0.493 e. The van der Waals surface area contributed by atoms with Gasteiger partial charge < -0.3 is 24.3 Å². The van der Waals surface area contributed by atoms with Crippen molar-refractivity contribution in [2.24, 2.45) is 5.92 Å². The van der Waals surface area contributed by atoms with Gasteiger partial charge in [-0.1, -0.05) is 0 Å². The van der Waals surface area contributed by atoms with E-state index < -0.39 is 23.1 Å². The zero-order valence-corrected chi connectivity index (χ0v) is 26.4. The van der Waals surface area contributed by atoms with Gasteiger partial charge in [0.1, 0.15) is 29.5 Å². The van der Waals surface area contributed by atoms with Crippen molar-refractivity contribution in [3.63, 3.8) is 0 Å². The Bertz CT molecular complexity index is 2170. The van der Waals surface area contributed by atoms with Crippen molar-refractivity contribution in [1.29, 1.82) is 0 Å². The molecule has 2 aliphatic heterocycles. The maximum Gasteiger partial charge on any atom is 0.271 e. The molecule has 0 saturated carbocycles. The van der Waals surface area contributed by atoms with Crippen LogP contribution in [-0.4, -0.2) is 60.3 Å². The number of rotatable bonds is 10. The van der Waals surface area contributed by atoms with Gasteiger partial charge in [0.05, 0.1) is 19.2 Å². The number of likely N-dealkylation sites (tertiary alicyclic amines) is 1. The fraction of sp³-hybridized carbons (Fsp3) is 0.216. The average molecular weight is 665 g/mol. The number of anilines is 1. The molecule has 1 saturated heterocycles. The molecule has 4 heterocycles. The third-order valence-corrected chi connectivity index (χ3v) is 8.44. The first kappa shape index (κ1) is 31.7. The zero-order valence-electron chi connectivity index (χ0n) is 26.4. The minimum absolute atomic E-state index is 0.0919. The molecule has 1 fully saturated rings. The molecule has 12 heteroatoms. The van der Waals surface area contributed by atoms with Gasteiger partial charge in [-0.3, -0.25) is 24.0 Å². The highest BCUT2D eigenvalue weighted by Gasteiger charge is 2.28. The predicted octanol–water partition coefficient (Wildman–Crippen LogP) is 5.60. The number of terminal acetylenes is 1. The van der Waals surface area contributed by atoms with Gasteiger partial charge in [-0.05, 0) is 48.5 Å². The van der Waals surface area contributed by atoms with E-state index in [1.54, 1.807) is 30.6 Å². The van der Waals surface area contributed by atoms with Gasteiger partial charge in [0.15, 0.2) is 23.1 Å². The van der Waals surface area contributed by atoms with Gasteiger partial charge in [-0.15, -0.1) is 12.3 Å². The Labute approximate surface area is 279 Å². The Balaban J connectivity index is 1.09. The highest BCUT2D eigenvalue weighted by Crippen LogP contribution is 2.38. The minimum Gasteiger partial charge on any atom is -0.493 e. The molecule has 0 unspecified atom stereocenters. The predicted molar refractivity (Wildman–Crippen MR) is 178 cm³/mol. The lowest BCUT2D eigenvalue weighted by Crippen LogP contribution is -2.47. The number of aromatic nitrogens is 2. The SMILES string of the molecule is C#CC1CN(CCOc2cc3nccc(Oc4ccc(NC(=O)c5c6c(cn(-c7ccc(F)cc7)c5=O)CCO6)cc4F)c3cc2OC)C1. The number of halogens is 2. The number of nitrogens with zero attached hydrogens (tertiary/aromatic N) is 3. The van der Waals surface area contributed by atoms with Crippen LogP contribution in [0.4, 0.5) is 14.5 Å². The first-order valence-electron chi connectivity index (χ1n) is 15.6. The Morgan fingerprint density at radius 1 is 1.06 bits per heavy atom. The number of pyridine rings is 2. The van der Waals surface area contributed by atoms with Crippen molar-refractivity contribution in [3.05, 3.63) is 106 Å². The maximum atomic E-state index is 15.4. The lowest BCUT2D eigenvalue weighted by Gasteiger charge is -2.36. The smallest absolute Gasteiger partial charge is 0.271 e. The summed E-state index contributed by atoms with van der Waals surface area (Å²) in [4.78, 5) is 33.5. The van der Waals surface area contributed by atoms with E-state index in [2.05, 4.69) is 21.1 Å². The fourth-order valence-electron chi connectivity index (χ4n) is 5.86. The van der Waals surface area contributed by atoms with Crippen molar-refractivity contribution in [1.82, 2.24) is 14.5 Å². The Morgan fingerprint density at radius 3 is 2.63 bits per heavy atom. The number of hydrogen-bond acceptors (Lipinski definition) is 8. The molecule has 49 heavy (non-hydrogen) atoms. The van der Waals surface area contributed by atoms with E-state index in [1.807, 2.05) is 0 Å². The van der Waals surface area contributed by atoms with Gasteiger partial charge in [-0.25, -0.2) is 8.78 Å². The molecule has 5 aromatic rings.